The van der Waals surface area contributed by atoms with Crippen molar-refractivity contribution in [3.05, 3.63) is 59.7 Å². The molecule has 0 fully saturated rings. The number of rotatable bonds is 3. The molecule has 4 N–H and O–H groups in total. The van der Waals surface area contributed by atoms with Crippen LogP contribution in [-0.2, 0) is 18.3 Å². The van der Waals surface area contributed by atoms with Crippen LogP contribution in [0.15, 0.2) is 48.5 Å². The van der Waals surface area contributed by atoms with Crippen molar-refractivity contribution in [3.63, 3.8) is 0 Å². The minimum absolute atomic E-state index is 0. The Morgan fingerprint density at radius 2 is 0.867 bits per heavy atom. The summed E-state index contributed by atoms with van der Waals surface area (Å²) in [5, 5.41) is 34.6. The average Bonchev–Trinajstić information content (AvgIpc) is 2.54. The summed E-state index contributed by atoms with van der Waals surface area (Å²) < 4.78 is 55.2. The number of carboxylic acid groups (broad SMARTS) is 2. The van der Waals surface area contributed by atoms with Gasteiger partial charge in [-0.15, -0.1) is 0 Å². The van der Waals surface area contributed by atoms with E-state index in [1.807, 2.05) is 0 Å². The molecule has 2 aromatic carbocycles. The maximum Gasteiger partial charge on any atom is 1.00 e. The monoisotopic (exact) mass is 482 g/mol. The van der Waals surface area contributed by atoms with Crippen molar-refractivity contribution in [2.75, 3.05) is 0 Å². The molecule has 12 nitrogen and oxygen atoms in total. The van der Waals surface area contributed by atoms with Crippen molar-refractivity contribution in [2.24, 2.45) is 0 Å². The van der Waals surface area contributed by atoms with Crippen LogP contribution >= 0.6 is 0 Å². The predicted molar refractivity (Wildman–Crippen MR) is 89.5 cm³/mol. The molecule has 0 aliphatic carbocycles. The Bertz CT molecular complexity index is 967. The Morgan fingerprint density at radius 3 is 1.00 bits per heavy atom. The molecule has 2 aromatic rings. The summed E-state index contributed by atoms with van der Waals surface area (Å²) >= 11 is 0. The average molecular weight is 482 g/mol. The molecule has 30 heavy (non-hydrogen) atoms. The maximum absolute atomic E-state index is 10.3. The van der Waals surface area contributed by atoms with Crippen molar-refractivity contribution in [2.45, 2.75) is 0 Å². The first kappa shape index (κ1) is 33.4. The number of aromatic carboxylic acids is 2. The SMILES string of the molecule is O=C(O)c1ccccc1O.O=C(O)c1ccccc1O.O=S(=O)([O-])S(=O)(=O)[O-].[Na+].[Na+]. The smallest absolute Gasteiger partial charge is 0.736 e. The summed E-state index contributed by atoms with van der Waals surface area (Å²) in [6.07, 6.45) is 0. The van der Waals surface area contributed by atoms with Gasteiger partial charge in [-0.2, -0.15) is 0 Å². The minimum Gasteiger partial charge on any atom is -0.736 e. The van der Waals surface area contributed by atoms with Gasteiger partial charge in [-0.05, 0) is 24.3 Å². The zero-order chi connectivity index (χ0) is 22.1. The van der Waals surface area contributed by atoms with Gasteiger partial charge in [-0.25, -0.2) is 26.4 Å². The molecule has 0 spiro atoms. The molecule has 0 unspecified atom stereocenters. The van der Waals surface area contributed by atoms with E-state index < -0.39 is 30.2 Å². The number of benzene rings is 2. The Hall–Kier alpha value is -1.20. The fourth-order valence-corrected chi connectivity index (χ4v) is 1.31. The van der Waals surface area contributed by atoms with Gasteiger partial charge in [0.05, 0.1) is 0 Å². The van der Waals surface area contributed by atoms with Crippen LogP contribution < -0.4 is 59.1 Å². The predicted octanol–water partition coefficient (Wildman–Crippen LogP) is -5.82. The number of phenols is 2. The van der Waals surface area contributed by atoms with E-state index in [1.54, 1.807) is 24.3 Å². The Kier molecular flexibility index (Phi) is 16.4. The van der Waals surface area contributed by atoms with E-state index in [9.17, 15) is 35.5 Å². The third-order valence-corrected chi connectivity index (χ3v) is 4.52. The van der Waals surface area contributed by atoms with Gasteiger partial charge < -0.3 is 29.5 Å². The zero-order valence-corrected chi connectivity index (χ0v) is 21.1. The van der Waals surface area contributed by atoms with Crippen LogP contribution in [0.2, 0.25) is 0 Å². The summed E-state index contributed by atoms with van der Waals surface area (Å²) in [5.41, 5.74) is -0.134. The van der Waals surface area contributed by atoms with Crippen molar-refractivity contribution < 1.29 is 115 Å². The first-order valence-corrected chi connectivity index (χ1v) is 9.96. The number of aromatic hydroxyl groups is 2. The molecule has 16 heteroatoms. The van der Waals surface area contributed by atoms with Crippen molar-refractivity contribution in [3.8, 4) is 11.5 Å². The van der Waals surface area contributed by atoms with E-state index >= 15 is 0 Å². The Labute approximate surface area is 214 Å². The van der Waals surface area contributed by atoms with Crippen LogP contribution in [0, 0.1) is 0 Å². The molecule has 0 aliphatic heterocycles. The molecule has 0 aliphatic rings. The van der Waals surface area contributed by atoms with E-state index in [4.69, 9.17) is 20.4 Å². The van der Waals surface area contributed by atoms with Gasteiger partial charge in [0.1, 0.15) is 22.6 Å². The summed E-state index contributed by atoms with van der Waals surface area (Å²) in [6, 6.07) is 11.6. The van der Waals surface area contributed by atoms with Crippen molar-refractivity contribution in [1.29, 1.82) is 0 Å². The third-order valence-electron chi connectivity index (χ3n) is 2.52. The van der Waals surface area contributed by atoms with Crippen molar-refractivity contribution in [1.82, 2.24) is 0 Å². The molecule has 0 radical (unpaired) electrons. The summed E-state index contributed by atoms with van der Waals surface area (Å²) in [4.78, 5) is 20.5. The second kappa shape index (κ2) is 14.7. The second-order valence-corrected chi connectivity index (χ2v) is 8.54. The summed E-state index contributed by atoms with van der Waals surface area (Å²) in [6.45, 7) is 0. The zero-order valence-electron chi connectivity index (χ0n) is 15.5. The largest absolute Gasteiger partial charge is 1.00 e. The molecule has 0 bridgehead atoms. The Balaban J connectivity index is -0.000000356. The van der Waals surface area contributed by atoms with E-state index in [1.165, 1.54) is 24.3 Å². The maximum atomic E-state index is 10.3. The van der Waals surface area contributed by atoms with Crippen LogP contribution in [-0.4, -0.2) is 58.3 Å². The van der Waals surface area contributed by atoms with Gasteiger partial charge >= 0.3 is 71.1 Å². The number of carbonyl (C=O) groups is 2. The molecule has 0 heterocycles. The fraction of sp³-hybridized carbons (Fsp3) is 0. The Morgan fingerprint density at radius 1 is 0.633 bits per heavy atom. The molecule has 0 saturated heterocycles. The van der Waals surface area contributed by atoms with Gasteiger partial charge in [0.2, 0.25) is 0 Å². The van der Waals surface area contributed by atoms with Gasteiger partial charge in [0.15, 0.2) is 18.3 Å². The second-order valence-electron chi connectivity index (χ2n) is 4.46. The third kappa shape index (κ3) is 12.5. The molecule has 2 rings (SSSR count). The normalized spacial score (nSPS) is 9.80. The van der Waals surface area contributed by atoms with Crippen molar-refractivity contribution >= 4 is 30.2 Å². The topological polar surface area (TPSA) is 229 Å². The van der Waals surface area contributed by atoms with Crippen LogP contribution in [0.4, 0.5) is 0 Å². The van der Waals surface area contributed by atoms with Crippen LogP contribution in [0.25, 0.3) is 0 Å². The first-order valence-electron chi connectivity index (χ1n) is 6.62. The molecular formula is C14H12Na2O12S2. The van der Waals surface area contributed by atoms with E-state index in [2.05, 4.69) is 0 Å². The minimum atomic E-state index is -5.67. The fourth-order valence-electron chi connectivity index (χ4n) is 1.31. The molecule has 0 aromatic heterocycles. The van der Waals surface area contributed by atoms with Gasteiger partial charge in [0, 0.05) is 0 Å². The molecule has 154 valence electrons. The first-order chi connectivity index (χ1) is 12.7. The number of hydrogen-bond acceptors (Lipinski definition) is 10. The standard InChI is InChI=1S/2C7H6O3.2Na.H2O6S2/c2*8-6-4-2-1-3-5(6)7(9)10;;;1-7(2,3)8(4,5)6/h2*1-4,8H,(H,9,10);;;(H,1,2,3)(H,4,5,6)/q;;2*+1;/p-2. The molecular weight excluding hydrogens is 470 g/mol. The molecule has 0 saturated carbocycles. The summed E-state index contributed by atoms with van der Waals surface area (Å²) in [5.74, 6) is -2.62. The number of hydrogen-bond donors (Lipinski definition) is 4. The van der Waals surface area contributed by atoms with E-state index in [-0.39, 0.29) is 81.7 Å². The number of carboxylic acids is 2. The number of para-hydroxylation sites is 2. The van der Waals surface area contributed by atoms with Crippen LogP contribution in [0.3, 0.4) is 0 Å². The van der Waals surface area contributed by atoms with Crippen LogP contribution in [0.5, 0.6) is 11.5 Å². The van der Waals surface area contributed by atoms with Gasteiger partial charge in [0.25, 0.3) is 0 Å². The molecule has 0 atom stereocenters. The van der Waals surface area contributed by atoms with Gasteiger partial charge in [-0.3, -0.25) is 0 Å². The quantitative estimate of drug-likeness (QED) is 0.182. The summed E-state index contributed by atoms with van der Waals surface area (Å²) in [7, 11) is -11.3. The van der Waals surface area contributed by atoms with Gasteiger partial charge in [-0.1, -0.05) is 24.3 Å². The van der Waals surface area contributed by atoms with Crippen LogP contribution in [0.1, 0.15) is 20.7 Å². The van der Waals surface area contributed by atoms with E-state index in [0.29, 0.717) is 0 Å². The van der Waals surface area contributed by atoms with E-state index in [0.717, 1.165) is 0 Å². The molecule has 0 amide bonds.